The van der Waals surface area contributed by atoms with Crippen LogP contribution in [0.25, 0.3) is 33.5 Å². The standard InChI is InChI=1S/C23H25N7O/c1-15-25-20-11-16(3-6-21(20)31-15)18-4-5-19-23(26-18)27-22(12-24-19)30-13-17(14-30)29-9-7-28(2)8-10-29/h3-6,11-12,17H,7-10,13-14H2,1-2H3. The number of benzene rings is 1. The third-order valence-corrected chi connectivity index (χ3v) is 6.42. The molecule has 2 fully saturated rings. The van der Waals surface area contributed by atoms with Crippen LogP contribution in [-0.2, 0) is 0 Å². The second-order valence-electron chi connectivity index (χ2n) is 8.58. The van der Waals surface area contributed by atoms with Crippen LogP contribution < -0.4 is 4.90 Å². The second kappa shape index (κ2) is 7.25. The zero-order chi connectivity index (χ0) is 20.9. The molecular weight excluding hydrogens is 390 g/mol. The summed E-state index contributed by atoms with van der Waals surface area (Å²) in [6.07, 6.45) is 1.87. The summed E-state index contributed by atoms with van der Waals surface area (Å²) >= 11 is 0. The lowest BCUT2D eigenvalue weighted by Crippen LogP contribution is -2.63. The Labute approximate surface area is 180 Å². The van der Waals surface area contributed by atoms with Crippen LogP contribution in [0.15, 0.2) is 40.9 Å². The van der Waals surface area contributed by atoms with Crippen LogP contribution in [-0.4, -0.2) is 82.1 Å². The molecule has 1 aromatic carbocycles. The first-order valence-electron chi connectivity index (χ1n) is 10.8. The molecule has 2 saturated heterocycles. The van der Waals surface area contributed by atoms with Crippen molar-refractivity contribution in [3.63, 3.8) is 0 Å². The first-order valence-corrected chi connectivity index (χ1v) is 10.8. The zero-order valence-corrected chi connectivity index (χ0v) is 17.8. The van der Waals surface area contributed by atoms with Gasteiger partial charge in [0.15, 0.2) is 17.1 Å². The van der Waals surface area contributed by atoms with Gasteiger partial charge in [0.25, 0.3) is 0 Å². The monoisotopic (exact) mass is 415 g/mol. The summed E-state index contributed by atoms with van der Waals surface area (Å²) in [5.41, 5.74) is 4.97. The molecule has 0 N–H and O–H groups in total. The van der Waals surface area contributed by atoms with Crippen LogP contribution in [0, 0.1) is 6.92 Å². The predicted molar refractivity (Wildman–Crippen MR) is 120 cm³/mol. The molecule has 0 atom stereocenters. The SMILES string of the molecule is Cc1nc2cc(-c3ccc4ncc(N5CC(N6CCN(C)CC6)C5)nc4n3)ccc2o1. The molecule has 3 aromatic heterocycles. The molecule has 8 heteroatoms. The van der Waals surface area contributed by atoms with Gasteiger partial charge in [-0.25, -0.2) is 19.9 Å². The summed E-state index contributed by atoms with van der Waals surface area (Å²) in [5.74, 6) is 1.57. The van der Waals surface area contributed by atoms with E-state index in [0.717, 1.165) is 73.0 Å². The van der Waals surface area contributed by atoms with Crippen LogP contribution >= 0.6 is 0 Å². The lowest BCUT2D eigenvalue weighted by atomic mass is 10.1. The van der Waals surface area contributed by atoms with Crippen molar-refractivity contribution in [2.45, 2.75) is 13.0 Å². The van der Waals surface area contributed by atoms with Gasteiger partial charge in [-0.05, 0) is 37.4 Å². The van der Waals surface area contributed by atoms with Crippen LogP contribution in [0.2, 0.25) is 0 Å². The Morgan fingerprint density at radius 3 is 2.61 bits per heavy atom. The highest BCUT2D eigenvalue weighted by Gasteiger charge is 2.34. The van der Waals surface area contributed by atoms with Gasteiger partial charge in [-0.15, -0.1) is 0 Å². The van der Waals surface area contributed by atoms with Gasteiger partial charge in [-0.1, -0.05) is 0 Å². The largest absolute Gasteiger partial charge is 0.441 e. The van der Waals surface area contributed by atoms with Gasteiger partial charge in [-0.2, -0.15) is 0 Å². The third kappa shape index (κ3) is 3.41. The number of anilines is 1. The number of nitrogens with zero attached hydrogens (tertiary/aromatic N) is 7. The molecule has 5 heterocycles. The zero-order valence-electron chi connectivity index (χ0n) is 17.8. The third-order valence-electron chi connectivity index (χ3n) is 6.42. The fourth-order valence-corrected chi connectivity index (χ4v) is 4.46. The van der Waals surface area contributed by atoms with E-state index in [1.165, 1.54) is 0 Å². The van der Waals surface area contributed by atoms with E-state index in [2.05, 4.69) is 31.7 Å². The van der Waals surface area contributed by atoms with E-state index in [0.29, 0.717) is 17.6 Å². The lowest BCUT2D eigenvalue weighted by Gasteiger charge is -2.48. The summed E-state index contributed by atoms with van der Waals surface area (Å²) in [6.45, 7) is 8.47. The number of fused-ring (bicyclic) bond motifs is 2. The van der Waals surface area contributed by atoms with Crippen molar-refractivity contribution in [2.75, 3.05) is 51.2 Å². The second-order valence-corrected chi connectivity index (χ2v) is 8.58. The molecule has 0 radical (unpaired) electrons. The van der Waals surface area contributed by atoms with E-state index < -0.39 is 0 Å². The number of hydrogen-bond acceptors (Lipinski definition) is 8. The van der Waals surface area contributed by atoms with E-state index in [1.807, 2.05) is 43.5 Å². The molecule has 6 rings (SSSR count). The molecule has 0 saturated carbocycles. The van der Waals surface area contributed by atoms with Crippen molar-refractivity contribution in [3.05, 3.63) is 42.4 Å². The number of rotatable bonds is 3. The van der Waals surface area contributed by atoms with Crippen molar-refractivity contribution in [3.8, 4) is 11.3 Å². The van der Waals surface area contributed by atoms with Gasteiger partial charge in [0.05, 0.1) is 11.9 Å². The number of hydrogen-bond donors (Lipinski definition) is 0. The molecule has 0 amide bonds. The Hall–Kier alpha value is -3.10. The average molecular weight is 416 g/mol. The maximum Gasteiger partial charge on any atom is 0.192 e. The topological polar surface area (TPSA) is 74.4 Å². The molecule has 8 nitrogen and oxygen atoms in total. The predicted octanol–water partition coefficient (Wildman–Crippen LogP) is 2.58. The number of aromatic nitrogens is 4. The van der Waals surface area contributed by atoms with Gasteiger partial charge < -0.3 is 14.2 Å². The molecule has 2 aliphatic heterocycles. The van der Waals surface area contributed by atoms with Crippen LogP contribution in [0.5, 0.6) is 0 Å². The Balaban J connectivity index is 1.23. The summed E-state index contributed by atoms with van der Waals surface area (Å²) in [5, 5.41) is 0. The minimum Gasteiger partial charge on any atom is -0.441 e. The Kier molecular flexibility index (Phi) is 4.36. The molecule has 0 bridgehead atoms. The normalized spacial score (nSPS) is 18.7. The van der Waals surface area contributed by atoms with Gasteiger partial charge in [0.2, 0.25) is 0 Å². The summed E-state index contributed by atoms with van der Waals surface area (Å²) in [4.78, 5) is 26.0. The minimum atomic E-state index is 0.614. The van der Waals surface area contributed by atoms with Crippen LogP contribution in [0.3, 0.4) is 0 Å². The number of aryl methyl sites for hydroxylation is 1. The first-order chi connectivity index (χ1) is 15.1. The quantitative estimate of drug-likeness (QED) is 0.506. The van der Waals surface area contributed by atoms with Crippen molar-refractivity contribution >= 4 is 28.1 Å². The van der Waals surface area contributed by atoms with Gasteiger partial charge in [-0.3, -0.25) is 4.90 Å². The lowest BCUT2D eigenvalue weighted by molar-refractivity contribution is 0.0961. The molecule has 31 heavy (non-hydrogen) atoms. The van der Waals surface area contributed by atoms with Gasteiger partial charge >= 0.3 is 0 Å². The van der Waals surface area contributed by atoms with Crippen molar-refractivity contribution in [1.29, 1.82) is 0 Å². The maximum absolute atomic E-state index is 5.58. The van der Waals surface area contributed by atoms with Crippen LogP contribution in [0.1, 0.15) is 5.89 Å². The smallest absolute Gasteiger partial charge is 0.192 e. The fraction of sp³-hybridized carbons (Fsp3) is 0.391. The Morgan fingerprint density at radius 2 is 1.77 bits per heavy atom. The molecule has 0 unspecified atom stereocenters. The highest BCUT2D eigenvalue weighted by molar-refractivity contribution is 5.81. The van der Waals surface area contributed by atoms with E-state index in [1.54, 1.807) is 0 Å². The molecular formula is C23H25N7O. The summed E-state index contributed by atoms with van der Waals surface area (Å²) in [6, 6.07) is 10.5. The van der Waals surface area contributed by atoms with Gasteiger partial charge in [0.1, 0.15) is 16.9 Å². The fourth-order valence-electron chi connectivity index (χ4n) is 4.46. The van der Waals surface area contributed by atoms with E-state index >= 15 is 0 Å². The molecule has 4 aromatic rings. The molecule has 158 valence electrons. The maximum atomic E-state index is 5.58. The van der Waals surface area contributed by atoms with E-state index in [-0.39, 0.29) is 0 Å². The number of likely N-dealkylation sites (N-methyl/N-ethyl adjacent to an activating group) is 1. The first kappa shape index (κ1) is 18.7. The van der Waals surface area contributed by atoms with E-state index in [9.17, 15) is 0 Å². The van der Waals surface area contributed by atoms with E-state index in [4.69, 9.17) is 14.4 Å². The summed E-state index contributed by atoms with van der Waals surface area (Å²) in [7, 11) is 2.20. The molecule has 2 aliphatic rings. The Bertz CT molecular complexity index is 1260. The highest BCUT2D eigenvalue weighted by Crippen LogP contribution is 2.27. The number of piperazine rings is 1. The molecule has 0 aliphatic carbocycles. The number of pyridine rings is 1. The van der Waals surface area contributed by atoms with Gasteiger partial charge in [0, 0.05) is 57.8 Å². The number of oxazole rings is 1. The van der Waals surface area contributed by atoms with Crippen LogP contribution in [0.4, 0.5) is 5.82 Å². The minimum absolute atomic E-state index is 0.614. The van der Waals surface area contributed by atoms with Crippen molar-refractivity contribution in [1.82, 2.24) is 29.7 Å². The Morgan fingerprint density at radius 1 is 0.935 bits per heavy atom. The average Bonchev–Trinajstić information content (AvgIpc) is 3.12. The summed E-state index contributed by atoms with van der Waals surface area (Å²) < 4.78 is 5.58. The molecule has 0 spiro atoms. The van der Waals surface area contributed by atoms with Crippen molar-refractivity contribution < 1.29 is 4.42 Å². The van der Waals surface area contributed by atoms with Crippen molar-refractivity contribution in [2.24, 2.45) is 0 Å². The highest BCUT2D eigenvalue weighted by atomic mass is 16.3.